The number of anilines is 1. The van der Waals surface area contributed by atoms with Crippen molar-refractivity contribution in [1.82, 2.24) is 9.47 Å². The van der Waals surface area contributed by atoms with E-state index < -0.39 is 33.9 Å². The van der Waals surface area contributed by atoms with Gasteiger partial charge in [0.1, 0.15) is 6.10 Å². The number of halogens is 1. The van der Waals surface area contributed by atoms with Gasteiger partial charge in [0.05, 0.1) is 36.1 Å². The number of hydrogen-bond acceptors (Lipinski definition) is 7. The quantitative estimate of drug-likeness (QED) is 0.355. The van der Waals surface area contributed by atoms with Crippen molar-refractivity contribution in [1.29, 1.82) is 5.26 Å². The molecule has 0 unspecified atom stereocenters. The van der Waals surface area contributed by atoms with E-state index in [2.05, 4.69) is 11.2 Å². The Morgan fingerprint density at radius 3 is 2.73 bits per heavy atom. The Morgan fingerprint density at radius 1 is 1.36 bits per heavy atom. The molecule has 0 saturated carbocycles. The molecule has 2 fully saturated rings. The summed E-state index contributed by atoms with van der Waals surface area (Å²) in [5.41, 5.74) is 0.537. The molecule has 3 heterocycles. The number of piperidine rings is 1. The highest BCUT2D eigenvalue weighted by Gasteiger charge is 2.40. The number of quaternary nitrogens is 1. The third-order valence-corrected chi connectivity index (χ3v) is 7.81. The molecule has 0 spiro atoms. The monoisotopic (exact) mass is 495 g/mol. The highest BCUT2D eigenvalue weighted by molar-refractivity contribution is 7.85. The van der Waals surface area contributed by atoms with E-state index in [1.807, 2.05) is 5.38 Å². The maximum absolute atomic E-state index is 15.2. The lowest BCUT2D eigenvalue weighted by Crippen LogP contribution is -2.51. The average Bonchev–Trinajstić information content (AvgIpc) is 3.42. The second-order valence-electron chi connectivity index (χ2n) is 8.42. The third kappa shape index (κ3) is 5.33. The van der Waals surface area contributed by atoms with Crippen LogP contribution in [0.2, 0.25) is 0 Å². The molecule has 176 valence electrons. The maximum Gasteiger partial charge on any atom is 0.414 e. The summed E-state index contributed by atoms with van der Waals surface area (Å²) in [5.74, 6) is -0.712. The first kappa shape index (κ1) is 23.6. The van der Waals surface area contributed by atoms with Crippen molar-refractivity contribution in [3.63, 3.8) is 0 Å². The van der Waals surface area contributed by atoms with E-state index in [1.165, 1.54) is 17.0 Å². The van der Waals surface area contributed by atoms with Gasteiger partial charge < -0.3 is 4.74 Å². The van der Waals surface area contributed by atoms with E-state index >= 15 is 4.39 Å². The SMILES string of the molecule is N#C[N+]1(c2ccc(N3C[C@@H](CCS(=O)(=O)O)OC3=O)cc2F)CCC(Cc2nccs2)CC1. The number of thiazole rings is 1. The second-order valence-corrected chi connectivity index (χ2v) is 11.0. The van der Waals surface area contributed by atoms with Gasteiger partial charge in [0.15, 0.2) is 11.5 Å². The van der Waals surface area contributed by atoms with Gasteiger partial charge in [-0.3, -0.25) is 9.45 Å². The molecule has 33 heavy (non-hydrogen) atoms. The van der Waals surface area contributed by atoms with Gasteiger partial charge in [0.2, 0.25) is 0 Å². The fraction of sp³-hybridized carbons (Fsp3) is 0.476. The minimum absolute atomic E-state index is 0.0455. The number of carbonyl (C=O) groups excluding carboxylic acids is 1. The van der Waals surface area contributed by atoms with Gasteiger partial charge in [-0.2, -0.15) is 12.9 Å². The molecule has 1 atom stereocenters. The number of nitrogens with zero attached hydrogens (tertiary/aromatic N) is 4. The van der Waals surface area contributed by atoms with Crippen LogP contribution in [0, 0.1) is 23.2 Å². The van der Waals surface area contributed by atoms with Crippen molar-refractivity contribution in [3.8, 4) is 6.19 Å². The van der Waals surface area contributed by atoms with E-state index in [0.29, 0.717) is 19.0 Å². The lowest BCUT2D eigenvalue weighted by Gasteiger charge is -2.36. The standard InChI is InChI=1S/C21H23FN4O5S2/c22-18-12-16(25-13-17(31-21(25)27)5-10-33(28,29)30)1-2-19(18)26(14-23)7-3-15(4-8-26)11-20-24-6-9-32-20/h1-2,6,9,12,15,17H,3-5,7-8,10-11,13H2/p+1/t15?,17-,26?/m1/s1. The number of cyclic esters (lactones) is 1. The number of likely N-dealkylation sites (tertiary alicyclic amines) is 1. The molecule has 4 rings (SSSR count). The van der Waals surface area contributed by atoms with Crippen LogP contribution >= 0.6 is 11.3 Å². The second kappa shape index (κ2) is 9.34. The van der Waals surface area contributed by atoms with Crippen molar-refractivity contribution in [2.75, 3.05) is 30.3 Å². The summed E-state index contributed by atoms with van der Waals surface area (Å²) < 4.78 is 50.9. The van der Waals surface area contributed by atoms with E-state index in [0.717, 1.165) is 24.3 Å². The Hall–Kier alpha value is -2.59. The predicted molar refractivity (Wildman–Crippen MR) is 121 cm³/mol. The van der Waals surface area contributed by atoms with Gasteiger partial charge in [0, 0.05) is 49.4 Å². The van der Waals surface area contributed by atoms with Crippen LogP contribution in [0.4, 0.5) is 20.6 Å². The molecule has 2 aliphatic rings. The summed E-state index contributed by atoms with van der Waals surface area (Å²) in [6.45, 7) is 1.03. The Kier molecular flexibility index (Phi) is 6.67. The van der Waals surface area contributed by atoms with Crippen molar-refractivity contribution in [3.05, 3.63) is 40.6 Å². The normalized spacial score (nSPS) is 25.6. The van der Waals surface area contributed by atoms with Crippen molar-refractivity contribution in [2.24, 2.45) is 5.92 Å². The maximum atomic E-state index is 15.2. The van der Waals surface area contributed by atoms with Crippen LogP contribution in [0.5, 0.6) is 0 Å². The number of ether oxygens (including phenoxy) is 1. The zero-order valence-corrected chi connectivity index (χ0v) is 19.4. The molecule has 2 aliphatic heterocycles. The van der Waals surface area contributed by atoms with Crippen molar-refractivity contribution < 1.29 is 26.9 Å². The van der Waals surface area contributed by atoms with Gasteiger partial charge >= 0.3 is 12.3 Å². The number of rotatable bonds is 7. The summed E-state index contributed by atoms with van der Waals surface area (Å²) >= 11 is 1.61. The van der Waals surface area contributed by atoms with Crippen LogP contribution in [-0.4, -0.2) is 55.5 Å². The zero-order chi connectivity index (χ0) is 23.6. The van der Waals surface area contributed by atoms with Gasteiger partial charge in [-0.1, -0.05) is 0 Å². The van der Waals surface area contributed by atoms with Crippen LogP contribution < -0.4 is 9.38 Å². The van der Waals surface area contributed by atoms with Crippen molar-refractivity contribution in [2.45, 2.75) is 31.8 Å². The van der Waals surface area contributed by atoms with Gasteiger partial charge in [-0.15, -0.1) is 16.6 Å². The number of hydrogen-bond donors (Lipinski definition) is 1. The molecule has 0 radical (unpaired) electrons. The number of amides is 1. The molecule has 12 heteroatoms. The number of nitriles is 1. The Bertz CT molecular complexity index is 1160. The molecule has 1 N–H and O–H groups in total. The summed E-state index contributed by atoms with van der Waals surface area (Å²) in [4.78, 5) is 17.7. The van der Waals surface area contributed by atoms with Crippen LogP contribution in [-0.2, 0) is 21.3 Å². The first-order chi connectivity index (χ1) is 15.7. The van der Waals surface area contributed by atoms with Crippen molar-refractivity contribution >= 4 is 38.9 Å². The molecular weight excluding hydrogens is 471 g/mol. The topological polar surface area (TPSA) is 121 Å². The Morgan fingerprint density at radius 2 is 2.12 bits per heavy atom. The van der Waals surface area contributed by atoms with Gasteiger partial charge in [-0.25, -0.2) is 14.2 Å². The first-order valence-electron chi connectivity index (χ1n) is 10.6. The molecule has 9 nitrogen and oxygen atoms in total. The molecule has 2 aromatic rings. The summed E-state index contributed by atoms with van der Waals surface area (Å²) in [5, 5.41) is 12.9. The van der Waals surface area contributed by atoms with Crippen LogP contribution in [0.25, 0.3) is 0 Å². The molecule has 0 aliphatic carbocycles. The lowest BCUT2D eigenvalue weighted by molar-refractivity contribution is 0.139. The number of aromatic nitrogens is 1. The number of carbonyl (C=O) groups is 1. The largest absolute Gasteiger partial charge is 0.444 e. The smallest absolute Gasteiger partial charge is 0.414 e. The lowest BCUT2D eigenvalue weighted by atomic mass is 9.92. The van der Waals surface area contributed by atoms with E-state index in [1.54, 1.807) is 23.6 Å². The predicted octanol–water partition coefficient (Wildman–Crippen LogP) is 3.33. The molecule has 1 amide bonds. The molecular formula is C21H24FN4O5S2+. The average molecular weight is 496 g/mol. The summed E-state index contributed by atoms with van der Waals surface area (Å²) in [7, 11) is -4.17. The van der Waals surface area contributed by atoms with Crippen LogP contribution in [0.15, 0.2) is 29.8 Å². The first-order valence-corrected chi connectivity index (χ1v) is 13.1. The van der Waals surface area contributed by atoms with Gasteiger partial charge in [-0.05, 0) is 12.0 Å². The zero-order valence-electron chi connectivity index (χ0n) is 17.8. The van der Waals surface area contributed by atoms with E-state index in [9.17, 15) is 18.5 Å². The Labute approximate surface area is 195 Å². The molecule has 1 aromatic carbocycles. The minimum atomic E-state index is -4.17. The molecule has 1 aromatic heterocycles. The van der Waals surface area contributed by atoms with Crippen LogP contribution in [0.3, 0.4) is 0 Å². The summed E-state index contributed by atoms with van der Waals surface area (Å²) in [6.07, 6.45) is 4.99. The van der Waals surface area contributed by atoms with E-state index in [-0.39, 0.29) is 28.8 Å². The number of benzene rings is 1. The molecule has 0 bridgehead atoms. The fourth-order valence-corrected chi connectivity index (χ4v) is 5.73. The Balaban J connectivity index is 1.44. The van der Waals surface area contributed by atoms with Crippen LogP contribution in [0.1, 0.15) is 24.3 Å². The van der Waals surface area contributed by atoms with Gasteiger partial charge in [0.25, 0.3) is 10.1 Å². The summed E-state index contributed by atoms with van der Waals surface area (Å²) in [6, 6.07) is 4.32. The molecule has 2 saturated heterocycles. The highest BCUT2D eigenvalue weighted by atomic mass is 32.2. The fourth-order valence-electron chi connectivity index (χ4n) is 4.44. The minimum Gasteiger partial charge on any atom is -0.444 e. The highest BCUT2D eigenvalue weighted by Crippen LogP contribution is 2.36. The third-order valence-electron chi connectivity index (χ3n) is 6.25. The van der Waals surface area contributed by atoms with E-state index in [4.69, 9.17) is 9.29 Å².